The first-order chi connectivity index (χ1) is 1.73. The van der Waals surface area contributed by atoms with Crippen molar-refractivity contribution in [1.82, 2.24) is 0 Å². The Hall–Kier alpha value is 5.79. The van der Waals surface area contributed by atoms with Crippen LogP contribution in [0.2, 0.25) is 0 Å². The van der Waals surface area contributed by atoms with Crippen LogP contribution in [-0.2, 0) is 43.7 Å². The standard InChI is InChI=1S/2K.2Mg.4H2O.3O.2Ti/h;;;;4*1H2;;;;;/q2*+1;2*+2;;;;;;2*-1;;/p-4. The maximum Gasteiger partial charge on any atom is 0 e. The molecule has 0 aliphatic heterocycles. The summed E-state index contributed by atoms with van der Waals surface area (Å²) in [5.41, 5.74) is 0. The Balaban J connectivity index is -0.00000000125. The maximum atomic E-state index is 8.58. The second kappa shape index (κ2) is 64.9. The van der Waals surface area contributed by atoms with Crippen molar-refractivity contribution in [2.45, 2.75) is 0 Å². The van der Waals surface area contributed by atoms with E-state index >= 15 is 0 Å². The minimum absolute atomic E-state index is 0. The van der Waals surface area contributed by atoms with E-state index < -0.39 is 18.6 Å². The molecule has 13 heavy (non-hydrogen) atoms. The zero-order valence-electron chi connectivity index (χ0n) is 7.43. The summed E-state index contributed by atoms with van der Waals surface area (Å²) in [4.78, 5) is 0. The van der Waals surface area contributed by atoms with E-state index in [0.29, 0.717) is 0 Å². The largest absolute Gasteiger partial charge is 0 e. The van der Waals surface area contributed by atoms with Crippen molar-refractivity contribution in [2.75, 3.05) is 0 Å². The first-order valence-electron chi connectivity index (χ1n) is 0.612. The van der Waals surface area contributed by atoms with E-state index in [2.05, 4.69) is 0 Å². The molecule has 0 aromatic carbocycles. The van der Waals surface area contributed by atoms with Crippen molar-refractivity contribution < 1.29 is 176 Å². The van der Waals surface area contributed by atoms with Gasteiger partial charge in [-0.15, -0.1) is 0 Å². The molecule has 0 aliphatic carbocycles. The van der Waals surface area contributed by atoms with Gasteiger partial charge in [-0.05, 0) is 0 Å². The summed E-state index contributed by atoms with van der Waals surface area (Å²) in [5.74, 6) is 0. The number of hydrogen-bond donors (Lipinski definition) is 0. The third kappa shape index (κ3) is 132. The molecule has 0 aliphatic rings. The first kappa shape index (κ1) is 76.9. The van der Waals surface area contributed by atoms with Crippen LogP contribution in [0.4, 0.5) is 0 Å². The minimum atomic E-state index is -4.08. The second-order valence-corrected chi connectivity index (χ2v) is 1.03. The molecule has 0 bridgehead atoms. The minimum Gasteiger partial charge on any atom is 0 e. The second-order valence-electron chi connectivity index (χ2n) is 0.250. The van der Waals surface area contributed by atoms with Gasteiger partial charge in [-0.25, -0.2) is 0 Å². The molecule has 0 saturated carbocycles. The molecule has 0 unspecified atom stereocenters. The Morgan fingerprint density at radius 1 is 0.769 bits per heavy atom. The van der Waals surface area contributed by atoms with Gasteiger partial charge < -0.3 is 21.9 Å². The third-order valence-corrected chi connectivity index (χ3v) is 0. The van der Waals surface area contributed by atoms with Crippen LogP contribution in [0.15, 0.2) is 0 Å². The average molecular weight is 339 g/mol. The summed E-state index contributed by atoms with van der Waals surface area (Å²) in [6.45, 7) is 0. The maximum absolute atomic E-state index is 8.58. The average Bonchev–Trinajstić information content (AvgIpc) is 0.811. The molecule has 0 spiro atoms. The van der Waals surface area contributed by atoms with E-state index in [1.807, 2.05) is 0 Å². The summed E-state index contributed by atoms with van der Waals surface area (Å²) >= 11 is -4.08. The van der Waals surface area contributed by atoms with Gasteiger partial charge in [-0.1, -0.05) is 0 Å². The Labute approximate surface area is 215 Å². The van der Waals surface area contributed by atoms with Crippen LogP contribution < -0.4 is 110 Å². The van der Waals surface area contributed by atoms with Crippen molar-refractivity contribution in [3.05, 3.63) is 0 Å². The molecule has 0 amide bonds. The van der Waals surface area contributed by atoms with Crippen LogP contribution in [0, 0.1) is 0 Å². The molecular weight excluding hydrogens is 335 g/mol. The first-order valence-corrected chi connectivity index (χ1v) is 2.52. The van der Waals surface area contributed by atoms with Gasteiger partial charge in [-0.2, -0.15) is 0 Å². The molecule has 0 atom stereocenters. The van der Waals surface area contributed by atoms with Gasteiger partial charge in [0.1, 0.15) is 0 Å². The summed E-state index contributed by atoms with van der Waals surface area (Å²) in [6.07, 6.45) is 0. The van der Waals surface area contributed by atoms with Gasteiger partial charge in [-0.3, -0.25) is 0 Å². The van der Waals surface area contributed by atoms with Gasteiger partial charge >= 0.3 is 178 Å². The van der Waals surface area contributed by atoms with E-state index in [4.69, 9.17) is 10.7 Å². The smallest absolute Gasteiger partial charge is 0 e. The van der Waals surface area contributed by atoms with Crippen LogP contribution >= 0.6 is 0 Å². The van der Waals surface area contributed by atoms with Crippen molar-refractivity contribution in [1.29, 1.82) is 0 Å². The summed E-state index contributed by atoms with van der Waals surface area (Å²) in [5, 5.41) is 0. The predicted octanol–water partition coefficient (Wildman–Crippen LogP) is -9.96. The molecule has 60 valence electrons. The predicted molar refractivity (Wildman–Crippen MR) is 19.9 cm³/mol. The topological polar surface area (TPSA) is 183 Å². The van der Waals surface area contributed by atoms with Crippen molar-refractivity contribution in [2.24, 2.45) is 0 Å². The van der Waals surface area contributed by atoms with E-state index in [1.54, 1.807) is 0 Å². The van der Waals surface area contributed by atoms with E-state index in [0.717, 1.165) is 0 Å². The van der Waals surface area contributed by atoms with Gasteiger partial charge in [0.05, 0.1) is 0 Å². The van der Waals surface area contributed by atoms with E-state index in [1.165, 1.54) is 0 Å². The molecule has 0 aromatic heterocycles. The molecule has 4 N–H and O–H groups in total. The van der Waals surface area contributed by atoms with Crippen LogP contribution in [0.1, 0.15) is 0 Å². The Morgan fingerprint density at radius 2 is 0.769 bits per heavy atom. The van der Waals surface area contributed by atoms with Gasteiger partial charge in [0.2, 0.25) is 0 Å². The van der Waals surface area contributed by atoms with E-state index in [9.17, 15) is 0 Å². The molecule has 0 radical (unpaired) electrons. The van der Waals surface area contributed by atoms with Crippen LogP contribution in [0.5, 0.6) is 0 Å². The van der Waals surface area contributed by atoms with Crippen molar-refractivity contribution in [3.8, 4) is 0 Å². The molecule has 13 heteroatoms. The van der Waals surface area contributed by atoms with Crippen LogP contribution in [0.3, 0.4) is 0 Å². The normalized spacial score (nSPS) is 2.00. The number of hydrogen-bond acceptors (Lipinski definition) is 7. The Kier molecular flexibility index (Phi) is 384. The SMILES string of the molecule is [K+].[K+].[Mg+2].[Mg+2].[OH-].[OH-].[OH-].[OH-].[O]=[Ti]([O-])[O-].[Ti]. The van der Waals surface area contributed by atoms with Crippen LogP contribution in [0.25, 0.3) is 0 Å². The fourth-order valence-corrected chi connectivity index (χ4v) is 0. The van der Waals surface area contributed by atoms with Crippen molar-refractivity contribution in [3.63, 3.8) is 0 Å². The zero-order chi connectivity index (χ0) is 3.58. The molecule has 0 rings (SSSR count). The fraction of sp³-hybridized carbons (Fsp3) is 0. The molecule has 0 fully saturated rings. The summed E-state index contributed by atoms with van der Waals surface area (Å²) < 4.78 is 25.8. The van der Waals surface area contributed by atoms with Crippen LogP contribution in [-0.4, -0.2) is 68.0 Å². The molecule has 0 heterocycles. The van der Waals surface area contributed by atoms with Gasteiger partial charge in [0.15, 0.2) is 0 Å². The number of rotatable bonds is 0. The Bertz CT molecular complexity index is 45.5. The summed E-state index contributed by atoms with van der Waals surface area (Å²) in [6, 6.07) is 0. The quantitative estimate of drug-likeness (QED) is 0.392. The molecule has 0 saturated heterocycles. The molecule has 7 nitrogen and oxygen atoms in total. The van der Waals surface area contributed by atoms with Crippen molar-refractivity contribution >= 4 is 46.1 Å². The molecule has 0 aromatic rings. The summed E-state index contributed by atoms with van der Waals surface area (Å²) in [7, 11) is 0. The monoisotopic (exact) mass is 338 g/mol. The zero-order valence-corrected chi connectivity index (χ0v) is 19.6. The van der Waals surface area contributed by atoms with Gasteiger partial charge in [0, 0.05) is 21.7 Å². The Morgan fingerprint density at radius 3 is 0.769 bits per heavy atom. The third-order valence-electron chi connectivity index (χ3n) is 0. The fourth-order valence-electron chi connectivity index (χ4n) is 0. The van der Waals surface area contributed by atoms with E-state index in [-0.39, 0.29) is 192 Å². The molecular formula is H4K2Mg2O7Ti2. The van der Waals surface area contributed by atoms with Gasteiger partial charge in [0.25, 0.3) is 0 Å².